The van der Waals surface area contributed by atoms with Crippen LogP contribution in [0.2, 0.25) is 0 Å². The van der Waals surface area contributed by atoms with Crippen molar-refractivity contribution in [2.75, 3.05) is 20.8 Å². The maximum Gasteiger partial charge on any atom is 0.387 e. The lowest BCUT2D eigenvalue weighted by atomic mass is 9.94. The molecular formula is C19H24F2N2O5. The number of nitrogens with zero attached hydrogens (tertiary/aromatic N) is 1. The van der Waals surface area contributed by atoms with Gasteiger partial charge < -0.3 is 19.5 Å². The third kappa shape index (κ3) is 4.52. The molecule has 0 radical (unpaired) electrons. The molecule has 1 atom stereocenters. The highest BCUT2D eigenvalue weighted by Gasteiger charge is 2.36. The van der Waals surface area contributed by atoms with Crippen LogP contribution < -0.4 is 14.8 Å². The van der Waals surface area contributed by atoms with Gasteiger partial charge in [0.1, 0.15) is 0 Å². The number of carbonyl (C=O) groups is 2. The number of allylic oxidation sites excluding steroid dienone is 1. The number of hydrogen-bond donors (Lipinski definition) is 1. The smallest absolute Gasteiger partial charge is 0.387 e. The molecule has 1 aliphatic heterocycles. The van der Waals surface area contributed by atoms with E-state index in [1.807, 2.05) is 6.92 Å². The largest absolute Gasteiger partial charge is 0.493 e. The van der Waals surface area contributed by atoms with Crippen molar-refractivity contribution >= 4 is 12.0 Å². The highest BCUT2D eigenvalue weighted by molar-refractivity contribution is 5.95. The maximum atomic E-state index is 12.6. The number of rotatable bonds is 8. The Morgan fingerprint density at radius 2 is 2.00 bits per heavy atom. The summed E-state index contributed by atoms with van der Waals surface area (Å²) in [5, 5.41) is 2.78. The van der Waals surface area contributed by atoms with Gasteiger partial charge in [0.15, 0.2) is 11.5 Å². The average molecular weight is 398 g/mol. The first kappa shape index (κ1) is 21.5. The van der Waals surface area contributed by atoms with Gasteiger partial charge in [-0.3, -0.25) is 4.90 Å². The summed E-state index contributed by atoms with van der Waals surface area (Å²) in [5.74, 6) is -0.675. The van der Waals surface area contributed by atoms with Gasteiger partial charge in [-0.25, -0.2) is 9.59 Å². The Bertz CT molecular complexity index is 767. The third-order valence-corrected chi connectivity index (χ3v) is 4.47. The molecular weight excluding hydrogens is 374 g/mol. The predicted octanol–water partition coefficient (Wildman–Crippen LogP) is 3.61. The fourth-order valence-corrected chi connectivity index (χ4v) is 3.05. The van der Waals surface area contributed by atoms with E-state index in [1.165, 1.54) is 37.3 Å². The Morgan fingerprint density at radius 3 is 2.57 bits per heavy atom. The van der Waals surface area contributed by atoms with Gasteiger partial charge in [-0.05, 0) is 31.0 Å². The van der Waals surface area contributed by atoms with Gasteiger partial charge in [0.05, 0.1) is 25.8 Å². The van der Waals surface area contributed by atoms with Crippen molar-refractivity contribution < 1.29 is 32.6 Å². The standard InChI is InChI=1S/C19H24F2N2O5/c1-5-6-9-23-11(2)15(17(24)27-4)16(22-19(23)25)12-7-8-13(28-18(20)21)14(10-12)26-3/h7-8,10,16,18H,5-6,9H2,1-4H3,(H,22,25). The molecule has 0 aromatic heterocycles. The number of hydrogen-bond acceptors (Lipinski definition) is 5. The van der Waals surface area contributed by atoms with Crippen molar-refractivity contribution in [2.24, 2.45) is 0 Å². The highest BCUT2D eigenvalue weighted by atomic mass is 19.3. The number of unbranched alkanes of at least 4 members (excludes halogenated alkanes) is 1. The second-order valence-electron chi connectivity index (χ2n) is 6.17. The highest BCUT2D eigenvalue weighted by Crippen LogP contribution is 2.36. The van der Waals surface area contributed by atoms with Crippen molar-refractivity contribution in [3.05, 3.63) is 35.0 Å². The summed E-state index contributed by atoms with van der Waals surface area (Å²) in [6, 6.07) is 3.08. The van der Waals surface area contributed by atoms with Crippen molar-refractivity contribution in [3.8, 4) is 11.5 Å². The van der Waals surface area contributed by atoms with Crippen molar-refractivity contribution in [2.45, 2.75) is 39.3 Å². The number of esters is 1. The van der Waals surface area contributed by atoms with Crippen molar-refractivity contribution in [1.82, 2.24) is 10.2 Å². The average Bonchev–Trinajstić information content (AvgIpc) is 2.66. The zero-order chi connectivity index (χ0) is 20.8. The van der Waals surface area contributed by atoms with Crippen LogP contribution in [0.4, 0.5) is 13.6 Å². The van der Waals surface area contributed by atoms with Crippen molar-refractivity contribution in [1.29, 1.82) is 0 Å². The van der Waals surface area contributed by atoms with E-state index in [1.54, 1.807) is 6.92 Å². The second kappa shape index (κ2) is 9.38. The lowest BCUT2D eigenvalue weighted by Crippen LogP contribution is -2.48. The Balaban J connectivity index is 2.49. The zero-order valence-electron chi connectivity index (χ0n) is 16.3. The molecule has 0 aliphatic carbocycles. The number of halogens is 2. The molecule has 2 amide bonds. The first-order chi connectivity index (χ1) is 13.3. The fourth-order valence-electron chi connectivity index (χ4n) is 3.05. The van der Waals surface area contributed by atoms with E-state index < -0.39 is 18.6 Å². The van der Waals surface area contributed by atoms with Crippen LogP contribution in [-0.2, 0) is 9.53 Å². The number of nitrogens with one attached hydrogen (secondary N) is 1. The first-order valence-electron chi connectivity index (χ1n) is 8.83. The maximum absolute atomic E-state index is 12.6. The third-order valence-electron chi connectivity index (χ3n) is 4.47. The second-order valence-corrected chi connectivity index (χ2v) is 6.17. The number of ether oxygens (including phenoxy) is 3. The van der Waals surface area contributed by atoms with Gasteiger partial charge in [-0.15, -0.1) is 0 Å². The van der Waals surface area contributed by atoms with Crippen LogP contribution in [0.1, 0.15) is 38.3 Å². The molecule has 1 aromatic carbocycles. The number of carbonyl (C=O) groups excluding carboxylic acids is 2. The van der Waals surface area contributed by atoms with Crippen LogP contribution in [0, 0.1) is 0 Å². The Kier molecular flexibility index (Phi) is 7.19. The van der Waals surface area contributed by atoms with E-state index in [0.717, 1.165) is 12.8 Å². The summed E-state index contributed by atoms with van der Waals surface area (Å²) in [6.45, 7) is 1.14. The molecule has 7 nitrogen and oxygen atoms in total. The van der Waals surface area contributed by atoms with Crippen LogP contribution in [0.3, 0.4) is 0 Å². The molecule has 28 heavy (non-hydrogen) atoms. The first-order valence-corrected chi connectivity index (χ1v) is 8.83. The molecule has 1 N–H and O–H groups in total. The molecule has 1 aromatic rings. The monoisotopic (exact) mass is 398 g/mol. The Labute approximate surface area is 162 Å². The van der Waals surface area contributed by atoms with Gasteiger partial charge in [0, 0.05) is 12.2 Å². The van der Waals surface area contributed by atoms with Crippen LogP contribution in [0.25, 0.3) is 0 Å². The van der Waals surface area contributed by atoms with E-state index in [-0.39, 0.29) is 23.1 Å². The van der Waals surface area contributed by atoms with Gasteiger partial charge in [0.2, 0.25) is 0 Å². The van der Waals surface area contributed by atoms with E-state index in [9.17, 15) is 18.4 Å². The predicted molar refractivity (Wildman–Crippen MR) is 97.2 cm³/mol. The molecule has 0 saturated heterocycles. The van der Waals surface area contributed by atoms with Crippen molar-refractivity contribution in [3.63, 3.8) is 0 Å². The summed E-state index contributed by atoms with van der Waals surface area (Å²) in [7, 11) is 2.57. The van der Waals surface area contributed by atoms with Crippen LogP contribution in [0.5, 0.6) is 11.5 Å². The normalized spacial score (nSPS) is 16.9. The minimum Gasteiger partial charge on any atom is -0.493 e. The summed E-state index contributed by atoms with van der Waals surface area (Å²) in [5.41, 5.74) is 1.23. The molecule has 2 rings (SSSR count). The van der Waals surface area contributed by atoms with Gasteiger partial charge in [-0.2, -0.15) is 8.78 Å². The van der Waals surface area contributed by atoms with E-state index >= 15 is 0 Å². The van der Waals surface area contributed by atoms with Crippen LogP contribution in [0.15, 0.2) is 29.5 Å². The number of benzene rings is 1. The van der Waals surface area contributed by atoms with E-state index in [0.29, 0.717) is 17.8 Å². The molecule has 9 heteroatoms. The van der Waals surface area contributed by atoms with Crippen LogP contribution >= 0.6 is 0 Å². The van der Waals surface area contributed by atoms with E-state index in [4.69, 9.17) is 9.47 Å². The molecule has 0 bridgehead atoms. The van der Waals surface area contributed by atoms with Gasteiger partial charge >= 0.3 is 18.6 Å². The lowest BCUT2D eigenvalue weighted by molar-refractivity contribution is -0.136. The summed E-state index contributed by atoms with van der Waals surface area (Å²) in [4.78, 5) is 26.5. The molecule has 154 valence electrons. The van der Waals surface area contributed by atoms with Gasteiger partial charge in [-0.1, -0.05) is 19.4 Å². The number of amides is 2. The summed E-state index contributed by atoms with van der Waals surface area (Å²) in [6.07, 6.45) is 1.66. The fraction of sp³-hybridized carbons (Fsp3) is 0.474. The summed E-state index contributed by atoms with van der Waals surface area (Å²) >= 11 is 0. The molecule has 1 heterocycles. The zero-order valence-corrected chi connectivity index (χ0v) is 16.3. The number of methoxy groups -OCH3 is 2. The Hall–Kier alpha value is -2.84. The van der Waals surface area contributed by atoms with Gasteiger partial charge in [0.25, 0.3) is 0 Å². The minimum atomic E-state index is -3.01. The van der Waals surface area contributed by atoms with Crippen LogP contribution in [-0.4, -0.2) is 44.3 Å². The quantitative estimate of drug-likeness (QED) is 0.677. The lowest BCUT2D eigenvalue weighted by Gasteiger charge is -2.35. The Morgan fingerprint density at radius 1 is 1.29 bits per heavy atom. The van der Waals surface area contributed by atoms with E-state index in [2.05, 4.69) is 10.1 Å². The summed E-state index contributed by atoms with van der Waals surface area (Å²) < 4.78 is 39.5. The topological polar surface area (TPSA) is 77.1 Å². The molecule has 0 spiro atoms. The molecule has 0 saturated carbocycles. The SMILES string of the molecule is CCCCN1C(=O)NC(c2ccc(OC(F)F)c(OC)c2)C(C(=O)OC)=C1C. The minimum absolute atomic E-state index is 0.0577. The molecule has 0 fully saturated rings. The number of alkyl halides is 2. The molecule has 1 aliphatic rings. The molecule has 1 unspecified atom stereocenters. The number of urea groups is 1.